The van der Waals surface area contributed by atoms with Crippen molar-refractivity contribution in [2.45, 2.75) is 6.42 Å². The van der Waals surface area contributed by atoms with Gasteiger partial charge in [0.25, 0.3) is 5.91 Å². The first kappa shape index (κ1) is 22.8. The van der Waals surface area contributed by atoms with Crippen LogP contribution in [0.25, 0.3) is 22.0 Å². The van der Waals surface area contributed by atoms with Crippen molar-refractivity contribution in [2.24, 2.45) is 0 Å². The molecule has 0 spiro atoms. The molecular formula is C24H22Cl2N4OS. The lowest BCUT2D eigenvalue weighted by Gasteiger charge is -2.08. The van der Waals surface area contributed by atoms with Crippen LogP contribution in [0.3, 0.4) is 0 Å². The topological polar surface area (TPSA) is 50.2 Å². The summed E-state index contributed by atoms with van der Waals surface area (Å²) in [5.41, 5.74) is 4.44. The van der Waals surface area contributed by atoms with Gasteiger partial charge in [0, 0.05) is 58.3 Å². The minimum absolute atomic E-state index is 0.173. The third-order valence-corrected chi connectivity index (χ3v) is 6.11. The fraction of sp³-hybridized carbons (Fsp3) is 0.167. The second-order valence-corrected chi connectivity index (χ2v) is 9.58. The van der Waals surface area contributed by atoms with E-state index >= 15 is 0 Å². The number of nitrogens with one attached hydrogen (secondary N) is 1. The normalized spacial score (nSPS) is 11.4. The van der Waals surface area contributed by atoms with Gasteiger partial charge in [-0.2, -0.15) is 0 Å². The number of pyridine rings is 1. The van der Waals surface area contributed by atoms with E-state index < -0.39 is 0 Å². The minimum Gasteiger partial charge on any atom is -0.283 e. The smallest absolute Gasteiger partial charge is 0.262 e. The lowest BCUT2D eigenvalue weighted by atomic mass is 10.0. The predicted molar refractivity (Wildman–Crippen MR) is 134 cm³/mol. The third-order valence-electron chi connectivity index (χ3n) is 4.97. The number of hydrogen-bond donors (Lipinski definition) is 1. The van der Waals surface area contributed by atoms with E-state index in [1.807, 2.05) is 42.8 Å². The van der Waals surface area contributed by atoms with Gasteiger partial charge < -0.3 is 0 Å². The number of fused-ring (bicyclic) bond motifs is 1. The highest BCUT2D eigenvalue weighted by Crippen LogP contribution is 2.29. The molecule has 0 aliphatic carbocycles. The molecule has 0 atom stereocenters. The van der Waals surface area contributed by atoms with Gasteiger partial charge >= 0.3 is 0 Å². The highest BCUT2D eigenvalue weighted by atomic mass is 35.5. The van der Waals surface area contributed by atoms with Crippen LogP contribution in [0.2, 0.25) is 10.0 Å². The van der Waals surface area contributed by atoms with Crippen LogP contribution in [-0.4, -0.2) is 40.4 Å². The zero-order valence-electron chi connectivity index (χ0n) is 17.7. The van der Waals surface area contributed by atoms with Crippen molar-refractivity contribution in [2.75, 3.05) is 20.6 Å². The Hall–Kier alpha value is -2.35. The van der Waals surface area contributed by atoms with E-state index in [4.69, 9.17) is 23.2 Å². The molecule has 2 aromatic carbocycles. The van der Waals surface area contributed by atoms with Crippen molar-refractivity contribution in [3.8, 4) is 11.1 Å². The quantitative estimate of drug-likeness (QED) is 0.259. The fourth-order valence-corrected chi connectivity index (χ4v) is 4.54. The Morgan fingerprint density at radius 3 is 2.44 bits per heavy atom. The van der Waals surface area contributed by atoms with Crippen LogP contribution >= 0.6 is 35.3 Å². The van der Waals surface area contributed by atoms with Gasteiger partial charge in [0.05, 0.1) is 5.52 Å². The molecule has 0 amide bonds. The Kier molecular flexibility index (Phi) is 7.18. The first-order chi connectivity index (χ1) is 15.4. The molecule has 2 heterocycles. The number of halogens is 2. The van der Waals surface area contributed by atoms with Crippen LogP contribution in [0.15, 0.2) is 67.1 Å². The number of carbonyl (C=O) groups excluding carboxylic acids is 1. The molecule has 1 N–H and O–H groups in total. The Morgan fingerprint density at radius 1 is 1.03 bits per heavy atom. The van der Waals surface area contributed by atoms with E-state index in [2.05, 4.69) is 21.8 Å². The lowest BCUT2D eigenvalue weighted by Crippen LogP contribution is -2.15. The average Bonchev–Trinajstić information content (AvgIpc) is 3.14. The Bertz CT molecular complexity index is 1240. The number of rotatable bonds is 7. The van der Waals surface area contributed by atoms with Crippen molar-refractivity contribution in [3.63, 3.8) is 0 Å². The molecule has 0 saturated carbocycles. The summed E-state index contributed by atoms with van der Waals surface area (Å²) in [5, 5.41) is 1.90. The van der Waals surface area contributed by atoms with Crippen molar-refractivity contribution in [3.05, 3.63) is 88.3 Å². The molecule has 32 heavy (non-hydrogen) atoms. The minimum atomic E-state index is -0.173. The van der Waals surface area contributed by atoms with Gasteiger partial charge in [0.15, 0.2) is 0 Å². The molecule has 0 aliphatic heterocycles. The molecular weight excluding hydrogens is 463 g/mol. The van der Waals surface area contributed by atoms with Crippen LogP contribution in [0.4, 0.5) is 0 Å². The van der Waals surface area contributed by atoms with Gasteiger partial charge in [0.2, 0.25) is 0 Å². The van der Waals surface area contributed by atoms with Crippen LogP contribution in [0, 0.1) is 0 Å². The van der Waals surface area contributed by atoms with E-state index in [1.54, 1.807) is 47.3 Å². The number of aromatic nitrogens is 2. The zero-order chi connectivity index (χ0) is 22.7. The second-order valence-electron chi connectivity index (χ2n) is 7.50. The first-order valence-corrected chi connectivity index (χ1v) is 11.6. The Balaban J connectivity index is 1.77. The molecule has 0 bridgehead atoms. The van der Waals surface area contributed by atoms with Gasteiger partial charge in [-0.25, -0.2) is 4.31 Å². The summed E-state index contributed by atoms with van der Waals surface area (Å²) in [4.78, 5) is 17.6. The molecule has 0 radical (unpaired) electrons. The van der Waals surface area contributed by atoms with Crippen LogP contribution in [-0.2, 0) is 6.42 Å². The third kappa shape index (κ3) is 5.17. The highest BCUT2D eigenvalue weighted by Gasteiger charge is 2.17. The molecule has 0 unspecified atom stereocenters. The molecule has 0 aliphatic rings. The van der Waals surface area contributed by atoms with Gasteiger partial charge in [-0.05, 0) is 73.6 Å². The van der Waals surface area contributed by atoms with E-state index in [0.717, 1.165) is 40.6 Å². The van der Waals surface area contributed by atoms with Crippen LogP contribution in [0.5, 0.6) is 0 Å². The first-order valence-electron chi connectivity index (χ1n) is 10.0. The molecule has 0 fully saturated rings. The number of nitrogens with zero attached hydrogens (tertiary/aromatic N) is 3. The van der Waals surface area contributed by atoms with Crippen molar-refractivity contribution < 1.29 is 4.79 Å². The zero-order valence-corrected chi connectivity index (χ0v) is 20.0. The maximum absolute atomic E-state index is 13.5. The number of benzene rings is 2. The standard InChI is InChI=1S/C24H22Cl2N4OS/c1-29(2)32-28-10-7-18-15-30(24(31)19-11-20(25)14-21(26)12-19)23-13-17(3-4-22(18)23)16-5-8-27-9-6-16/h3-6,8-9,11-15,28H,7,10H2,1-2H3. The van der Waals surface area contributed by atoms with E-state index in [-0.39, 0.29) is 5.91 Å². The SMILES string of the molecule is CN(C)SNCCc1cn(C(=O)c2cc(Cl)cc(Cl)c2)c2cc(-c3ccncc3)ccc12. The summed E-state index contributed by atoms with van der Waals surface area (Å²) >= 11 is 13.9. The summed E-state index contributed by atoms with van der Waals surface area (Å²) < 4.78 is 7.01. The van der Waals surface area contributed by atoms with E-state index in [1.165, 1.54) is 0 Å². The maximum atomic E-state index is 13.5. The van der Waals surface area contributed by atoms with E-state index in [0.29, 0.717) is 15.6 Å². The van der Waals surface area contributed by atoms with Gasteiger partial charge in [-0.1, -0.05) is 35.3 Å². The lowest BCUT2D eigenvalue weighted by molar-refractivity contribution is 0.0965. The van der Waals surface area contributed by atoms with Crippen molar-refractivity contribution in [1.29, 1.82) is 0 Å². The van der Waals surface area contributed by atoms with Crippen LogP contribution < -0.4 is 4.72 Å². The monoisotopic (exact) mass is 484 g/mol. The Labute approximate surface area is 201 Å². The number of hydrogen-bond acceptors (Lipinski definition) is 5. The number of carbonyl (C=O) groups is 1. The maximum Gasteiger partial charge on any atom is 0.262 e. The molecule has 4 aromatic rings. The largest absolute Gasteiger partial charge is 0.283 e. The summed E-state index contributed by atoms with van der Waals surface area (Å²) in [7, 11) is 3.97. The predicted octanol–water partition coefficient (Wildman–Crippen LogP) is 5.96. The van der Waals surface area contributed by atoms with Crippen molar-refractivity contribution in [1.82, 2.24) is 18.6 Å². The summed E-state index contributed by atoms with van der Waals surface area (Å²) in [6, 6.07) is 15.0. The second kappa shape index (κ2) is 10.1. The Morgan fingerprint density at radius 2 is 1.75 bits per heavy atom. The highest BCUT2D eigenvalue weighted by molar-refractivity contribution is 7.95. The molecule has 2 aromatic heterocycles. The average molecular weight is 485 g/mol. The molecule has 164 valence electrons. The molecule has 4 rings (SSSR count). The van der Waals surface area contributed by atoms with Gasteiger partial charge in [0.1, 0.15) is 0 Å². The van der Waals surface area contributed by atoms with Crippen LogP contribution in [0.1, 0.15) is 15.9 Å². The summed E-state index contributed by atoms with van der Waals surface area (Å²) in [6.45, 7) is 0.769. The summed E-state index contributed by atoms with van der Waals surface area (Å²) in [5.74, 6) is -0.173. The van der Waals surface area contributed by atoms with Gasteiger partial charge in [-0.15, -0.1) is 0 Å². The molecule has 8 heteroatoms. The van der Waals surface area contributed by atoms with Gasteiger partial charge in [-0.3, -0.25) is 19.1 Å². The fourth-order valence-electron chi connectivity index (χ4n) is 3.57. The van der Waals surface area contributed by atoms with E-state index in [9.17, 15) is 4.79 Å². The molecule has 0 saturated heterocycles. The molecule has 5 nitrogen and oxygen atoms in total. The summed E-state index contributed by atoms with van der Waals surface area (Å²) in [6.07, 6.45) is 6.22. The van der Waals surface area contributed by atoms with Crippen molar-refractivity contribution >= 4 is 52.1 Å².